The van der Waals surface area contributed by atoms with Crippen LogP contribution in [0.4, 0.5) is 0 Å². The molecule has 0 amide bonds. The number of hydrogen-bond donors (Lipinski definition) is 0. The third-order valence-corrected chi connectivity index (χ3v) is 7.30. The first-order chi connectivity index (χ1) is 15.7. The molecular weight excluding hydrogens is 424 g/mol. The number of benzene rings is 1. The van der Waals surface area contributed by atoms with Crippen molar-refractivity contribution in [2.24, 2.45) is 5.92 Å². The third-order valence-electron chi connectivity index (χ3n) is 7.13. The van der Waals surface area contributed by atoms with Crippen LogP contribution < -0.4 is 0 Å². The lowest BCUT2D eigenvalue weighted by molar-refractivity contribution is -0.0298. The highest BCUT2D eigenvalue weighted by molar-refractivity contribution is 6.28. The number of halogens is 1. The van der Waals surface area contributed by atoms with Crippen molar-refractivity contribution in [1.82, 2.24) is 29.1 Å². The van der Waals surface area contributed by atoms with Gasteiger partial charge in [0.1, 0.15) is 17.4 Å². The van der Waals surface area contributed by atoms with E-state index in [0.717, 1.165) is 48.2 Å². The molecule has 4 heterocycles. The average Bonchev–Trinajstić information content (AvgIpc) is 3.43. The maximum absolute atomic E-state index is 6.36. The van der Waals surface area contributed by atoms with Crippen LogP contribution in [0.5, 0.6) is 0 Å². The lowest BCUT2D eigenvalue weighted by Crippen LogP contribution is -2.20. The van der Waals surface area contributed by atoms with Crippen molar-refractivity contribution in [2.45, 2.75) is 64.1 Å². The zero-order valence-electron chi connectivity index (χ0n) is 18.2. The van der Waals surface area contributed by atoms with Gasteiger partial charge in [0.2, 0.25) is 5.28 Å². The predicted octanol–water partition coefficient (Wildman–Crippen LogP) is 5.95. The van der Waals surface area contributed by atoms with Crippen molar-refractivity contribution in [3.8, 4) is 11.3 Å². The van der Waals surface area contributed by atoms with Crippen LogP contribution in [-0.4, -0.2) is 35.7 Å². The highest BCUT2D eigenvalue weighted by Gasteiger charge is 2.25. The first kappa shape index (κ1) is 20.1. The Hall–Kier alpha value is -2.51. The number of ether oxygens (including phenoxy) is 1. The topological polar surface area (TPSA) is 70.7 Å². The maximum atomic E-state index is 6.36. The van der Waals surface area contributed by atoms with Crippen molar-refractivity contribution >= 4 is 33.8 Å². The minimum absolute atomic E-state index is 0.0526. The van der Waals surface area contributed by atoms with E-state index < -0.39 is 0 Å². The monoisotopic (exact) mass is 450 g/mol. The van der Waals surface area contributed by atoms with Crippen LogP contribution in [-0.2, 0) is 4.74 Å². The second-order valence-corrected chi connectivity index (χ2v) is 9.51. The summed E-state index contributed by atoms with van der Waals surface area (Å²) >= 11 is 6.36. The van der Waals surface area contributed by atoms with E-state index in [1.54, 1.807) is 6.33 Å². The Morgan fingerprint density at radius 3 is 2.66 bits per heavy atom. The molecule has 6 rings (SSSR count). The van der Waals surface area contributed by atoms with Gasteiger partial charge in [0.15, 0.2) is 5.65 Å². The molecule has 8 heteroatoms. The molecule has 1 aliphatic heterocycles. The van der Waals surface area contributed by atoms with E-state index in [4.69, 9.17) is 21.3 Å². The summed E-state index contributed by atoms with van der Waals surface area (Å²) in [5.74, 6) is 0.673. The van der Waals surface area contributed by atoms with E-state index in [1.165, 1.54) is 31.2 Å². The van der Waals surface area contributed by atoms with Crippen LogP contribution in [0, 0.1) is 5.92 Å². The molecule has 0 radical (unpaired) electrons. The second kappa shape index (κ2) is 8.12. The molecule has 1 aliphatic carbocycles. The SMILES string of the molecule is C[C@@H]1CCCC[C@@H]1n1cnc2cc(-c3nc(Cl)nc4c3ncn4C3CCCCO3)ccc21. The van der Waals surface area contributed by atoms with Crippen LogP contribution in [0.1, 0.15) is 64.1 Å². The summed E-state index contributed by atoms with van der Waals surface area (Å²) in [5.41, 5.74) is 5.28. The molecule has 0 spiro atoms. The number of aromatic nitrogens is 6. The fourth-order valence-electron chi connectivity index (χ4n) is 5.40. The standard InChI is InChI=1S/C24H27ClN6O/c1-15-6-2-3-7-18(15)30-13-26-17-12-16(9-10-19(17)30)21-22-23(29-24(25)28-21)31(14-27-22)20-8-4-5-11-32-20/h9-10,12-15,18,20H,2-8,11H2,1H3/t15-,18+,20?/m1/s1. The smallest absolute Gasteiger partial charge is 0.225 e. The minimum Gasteiger partial charge on any atom is -0.358 e. The van der Waals surface area contributed by atoms with E-state index in [1.807, 2.05) is 10.9 Å². The van der Waals surface area contributed by atoms with Crippen LogP contribution in [0.25, 0.3) is 33.5 Å². The Labute approximate surface area is 191 Å². The number of hydrogen-bond acceptors (Lipinski definition) is 5. The Balaban J connectivity index is 1.42. The van der Waals surface area contributed by atoms with Gasteiger partial charge in [0.05, 0.1) is 23.7 Å². The zero-order chi connectivity index (χ0) is 21.7. The summed E-state index contributed by atoms with van der Waals surface area (Å²) in [6.45, 7) is 3.12. The Bertz CT molecular complexity index is 1270. The van der Waals surface area contributed by atoms with Crippen LogP contribution in [0.15, 0.2) is 30.9 Å². The Kier molecular flexibility index (Phi) is 5.11. The molecular formula is C24H27ClN6O. The van der Waals surface area contributed by atoms with E-state index >= 15 is 0 Å². The maximum Gasteiger partial charge on any atom is 0.225 e. The van der Waals surface area contributed by atoms with Gasteiger partial charge < -0.3 is 9.30 Å². The number of rotatable bonds is 3. The summed E-state index contributed by atoms with van der Waals surface area (Å²) < 4.78 is 10.3. The first-order valence-electron chi connectivity index (χ1n) is 11.7. The molecule has 1 saturated carbocycles. The lowest BCUT2D eigenvalue weighted by atomic mass is 9.85. The van der Waals surface area contributed by atoms with Gasteiger partial charge in [-0.1, -0.05) is 25.8 Å². The lowest BCUT2D eigenvalue weighted by Gasteiger charge is -2.30. The van der Waals surface area contributed by atoms with E-state index in [2.05, 4.69) is 44.6 Å². The van der Waals surface area contributed by atoms with E-state index in [-0.39, 0.29) is 11.5 Å². The molecule has 0 bridgehead atoms. The van der Waals surface area contributed by atoms with Gasteiger partial charge in [-0.05, 0) is 61.8 Å². The van der Waals surface area contributed by atoms with Gasteiger partial charge in [0, 0.05) is 18.2 Å². The van der Waals surface area contributed by atoms with E-state index in [9.17, 15) is 0 Å². The number of fused-ring (bicyclic) bond motifs is 2. The molecule has 3 aromatic heterocycles. The molecule has 3 atom stereocenters. The molecule has 32 heavy (non-hydrogen) atoms. The largest absolute Gasteiger partial charge is 0.358 e. The van der Waals surface area contributed by atoms with Crippen LogP contribution in [0.3, 0.4) is 0 Å². The summed E-state index contributed by atoms with van der Waals surface area (Å²) in [6.07, 6.45) is 12.0. The molecule has 166 valence electrons. The highest BCUT2D eigenvalue weighted by Crippen LogP contribution is 2.37. The molecule has 0 N–H and O–H groups in total. The summed E-state index contributed by atoms with van der Waals surface area (Å²) in [7, 11) is 0. The third kappa shape index (κ3) is 3.39. The van der Waals surface area contributed by atoms with Crippen LogP contribution in [0.2, 0.25) is 5.28 Å². The van der Waals surface area contributed by atoms with Crippen molar-refractivity contribution in [3.63, 3.8) is 0 Å². The van der Waals surface area contributed by atoms with Gasteiger partial charge in [0.25, 0.3) is 0 Å². The van der Waals surface area contributed by atoms with E-state index in [0.29, 0.717) is 17.6 Å². The number of nitrogens with zero attached hydrogens (tertiary/aromatic N) is 6. The molecule has 2 fully saturated rings. The second-order valence-electron chi connectivity index (χ2n) is 9.17. The zero-order valence-corrected chi connectivity index (χ0v) is 19.0. The van der Waals surface area contributed by atoms with Gasteiger partial charge in [-0.25, -0.2) is 15.0 Å². The summed E-state index contributed by atoms with van der Waals surface area (Å²) in [5, 5.41) is 0.215. The highest BCUT2D eigenvalue weighted by atomic mass is 35.5. The predicted molar refractivity (Wildman–Crippen MR) is 125 cm³/mol. The van der Waals surface area contributed by atoms with Gasteiger partial charge >= 0.3 is 0 Å². The Morgan fingerprint density at radius 1 is 0.969 bits per heavy atom. The molecule has 4 aromatic rings. The Morgan fingerprint density at radius 2 is 1.81 bits per heavy atom. The first-order valence-corrected chi connectivity index (χ1v) is 12.1. The summed E-state index contributed by atoms with van der Waals surface area (Å²) in [4.78, 5) is 18.4. The van der Waals surface area contributed by atoms with Crippen molar-refractivity contribution < 1.29 is 4.74 Å². The van der Waals surface area contributed by atoms with Crippen LogP contribution >= 0.6 is 11.6 Å². The molecule has 1 unspecified atom stereocenters. The van der Waals surface area contributed by atoms with Gasteiger partial charge in [-0.3, -0.25) is 4.57 Å². The quantitative estimate of drug-likeness (QED) is 0.361. The van der Waals surface area contributed by atoms with Crippen molar-refractivity contribution in [2.75, 3.05) is 6.61 Å². The molecule has 7 nitrogen and oxygen atoms in total. The average molecular weight is 451 g/mol. The normalized spacial score (nSPS) is 24.4. The van der Waals surface area contributed by atoms with Gasteiger partial charge in [-0.2, -0.15) is 4.98 Å². The fraction of sp³-hybridized carbons (Fsp3) is 0.500. The molecule has 1 saturated heterocycles. The van der Waals surface area contributed by atoms with Crippen molar-refractivity contribution in [3.05, 3.63) is 36.1 Å². The number of imidazole rings is 2. The molecule has 1 aromatic carbocycles. The molecule has 2 aliphatic rings. The fourth-order valence-corrected chi connectivity index (χ4v) is 5.56. The van der Waals surface area contributed by atoms with Gasteiger partial charge in [-0.15, -0.1) is 0 Å². The summed E-state index contributed by atoms with van der Waals surface area (Å²) in [6, 6.07) is 6.86. The van der Waals surface area contributed by atoms with Crippen molar-refractivity contribution in [1.29, 1.82) is 0 Å². The minimum atomic E-state index is -0.0526.